The van der Waals surface area contributed by atoms with E-state index in [2.05, 4.69) is 6.92 Å². The Hall–Kier alpha value is -1.26. The van der Waals surface area contributed by atoms with Crippen molar-refractivity contribution in [1.29, 1.82) is 0 Å². The number of urea groups is 1. The minimum atomic E-state index is -0.278. The number of rotatable bonds is 1. The van der Waals surface area contributed by atoms with E-state index in [0.717, 1.165) is 45.3 Å². The molecule has 0 radical (unpaired) electrons. The van der Waals surface area contributed by atoms with Crippen molar-refractivity contribution in [3.63, 3.8) is 0 Å². The van der Waals surface area contributed by atoms with Crippen LogP contribution >= 0.6 is 0 Å². The fourth-order valence-electron chi connectivity index (χ4n) is 2.78. The van der Waals surface area contributed by atoms with E-state index in [0.29, 0.717) is 12.5 Å². The van der Waals surface area contributed by atoms with Crippen LogP contribution < -0.4 is 5.73 Å². The molecular formula is C13H23N3O2. The fourth-order valence-corrected chi connectivity index (χ4v) is 2.78. The average Bonchev–Trinajstić information content (AvgIpc) is 2.39. The largest absolute Gasteiger partial charge is 0.369 e. The topological polar surface area (TPSA) is 66.6 Å². The SMILES string of the molecule is CC1CCN(C(=O)N2CCCC(C(N)=O)C2)CC1. The standard InChI is InChI=1S/C13H23N3O2/c1-10-4-7-15(8-5-10)13(18)16-6-2-3-11(9-16)12(14)17/h10-11H,2-9H2,1H3,(H2,14,17). The monoisotopic (exact) mass is 253 g/mol. The molecule has 18 heavy (non-hydrogen) atoms. The van der Waals surface area contributed by atoms with Gasteiger partial charge in [-0.1, -0.05) is 6.92 Å². The van der Waals surface area contributed by atoms with E-state index in [1.165, 1.54) is 0 Å². The van der Waals surface area contributed by atoms with E-state index >= 15 is 0 Å². The van der Waals surface area contributed by atoms with Crippen molar-refractivity contribution in [3.8, 4) is 0 Å². The molecule has 2 saturated heterocycles. The summed E-state index contributed by atoms with van der Waals surface area (Å²) in [6, 6.07) is 0.0906. The van der Waals surface area contributed by atoms with Gasteiger partial charge in [0.1, 0.15) is 0 Å². The molecule has 0 aromatic rings. The number of nitrogens with zero attached hydrogens (tertiary/aromatic N) is 2. The Morgan fingerprint density at radius 2 is 1.72 bits per heavy atom. The normalized spacial score (nSPS) is 26.2. The lowest BCUT2D eigenvalue weighted by atomic mass is 9.97. The lowest BCUT2D eigenvalue weighted by Gasteiger charge is -2.38. The second kappa shape index (κ2) is 5.59. The summed E-state index contributed by atoms with van der Waals surface area (Å²) in [5.74, 6) is 0.278. The molecule has 2 fully saturated rings. The number of carbonyl (C=O) groups is 2. The molecule has 1 atom stereocenters. The first kappa shape index (κ1) is 13.2. The Bertz CT molecular complexity index is 324. The van der Waals surface area contributed by atoms with Crippen molar-refractivity contribution in [2.75, 3.05) is 26.2 Å². The Morgan fingerprint density at radius 3 is 2.33 bits per heavy atom. The number of carbonyl (C=O) groups excluding carboxylic acids is 2. The van der Waals surface area contributed by atoms with Gasteiger partial charge in [-0.2, -0.15) is 0 Å². The second-order valence-corrected chi connectivity index (χ2v) is 5.64. The first-order chi connectivity index (χ1) is 8.58. The molecule has 5 nitrogen and oxygen atoms in total. The summed E-state index contributed by atoms with van der Waals surface area (Å²) in [7, 11) is 0. The van der Waals surface area contributed by atoms with Crippen LogP contribution in [0.5, 0.6) is 0 Å². The summed E-state index contributed by atoms with van der Waals surface area (Å²) < 4.78 is 0. The van der Waals surface area contributed by atoms with Gasteiger partial charge >= 0.3 is 6.03 Å². The first-order valence-corrected chi connectivity index (χ1v) is 6.91. The molecule has 0 bridgehead atoms. The van der Waals surface area contributed by atoms with Gasteiger partial charge in [-0.25, -0.2) is 4.79 Å². The third-order valence-corrected chi connectivity index (χ3v) is 4.15. The van der Waals surface area contributed by atoms with E-state index in [1.54, 1.807) is 4.90 Å². The molecule has 3 amide bonds. The molecule has 1 unspecified atom stereocenters. The van der Waals surface area contributed by atoms with Crippen LogP contribution in [0.3, 0.4) is 0 Å². The lowest BCUT2D eigenvalue weighted by Crippen LogP contribution is -2.51. The van der Waals surface area contributed by atoms with Crippen molar-refractivity contribution in [3.05, 3.63) is 0 Å². The van der Waals surface area contributed by atoms with Gasteiger partial charge in [-0.15, -0.1) is 0 Å². The Morgan fingerprint density at radius 1 is 1.06 bits per heavy atom. The van der Waals surface area contributed by atoms with Crippen LogP contribution in [0.2, 0.25) is 0 Å². The van der Waals surface area contributed by atoms with E-state index in [4.69, 9.17) is 5.73 Å². The highest BCUT2D eigenvalue weighted by Crippen LogP contribution is 2.21. The molecule has 2 heterocycles. The molecular weight excluding hydrogens is 230 g/mol. The number of hydrogen-bond acceptors (Lipinski definition) is 2. The summed E-state index contributed by atoms with van der Waals surface area (Å²) >= 11 is 0. The van der Waals surface area contributed by atoms with E-state index < -0.39 is 0 Å². The fraction of sp³-hybridized carbons (Fsp3) is 0.846. The number of amides is 3. The molecule has 0 aromatic carbocycles. The number of likely N-dealkylation sites (tertiary alicyclic amines) is 2. The zero-order valence-corrected chi connectivity index (χ0v) is 11.1. The lowest BCUT2D eigenvalue weighted by molar-refractivity contribution is -0.123. The third-order valence-electron chi connectivity index (χ3n) is 4.15. The van der Waals surface area contributed by atoms with Gasteiger partial charge in [0.2, 0.25) is 5.91 Å². The van der Waals surface area contributed by atoms with Crippen LogP contribution in [-0.4, -0.2) is 47.9 Å². The first-order valence-electron chi connectivity index (χ1n) is 6.91. The van der Waals surface area contributed by atoms with Crippen molar-refractivity contribution in [2.45, 2.75) is 32.6 Å². The summed E-state index contributed by atoms with van der Waals surface area (Å²) in [5, 5.41) is 0. The van der Waals surface area contributed by atoms with E-state index in [9.17, 15) is 9.59 Å². The zero-order valence-electron chi connectivity index (χ0n) is 11.1. The Labute approximate surface area is 108 Å². The highest BCUT2D eigenvalue weighted by Gasteiger charge is 2.30. The van der Waals surface area contributed by atoms with Crippen LogP contribution in [0.1, 0.15) is 32.6 Å². The summed E-state index contributed by atoms with van der Waals surface area (Å²) in [4.78, 5) is 27.3. The van der Waals surface area contributed by atoms with Gasteiger partial charge < -0.3 is 15.5 Å². The van der Waals surface area contributed by atoms with Crippen LogP contribution in [0.15, 0.2) is 0 Å². The van der Waals surface area contributed by atoms with Crippen molar-refractivity contribution in [1.82, 2.24) is 9.80 Å². The van der Waals surface area contributed by atoms with Gasteiger partial charge in [0.05, 0.1) is 5.92 Å². The maximum absolute atomic E-state index is 12.3. The highest BCUT2D eigenvalue weighted by atomic mass is 16.2. The quantitative estimate of drug-likeness (QED) is 0.758. The van der Waals surface area contributed by atoms with Gasteiger partial charge in [-0.05, 0) is 31.6 Å². The minimum absolute atomic E-state index is 0.0906. The number of hydrogen-bond donors (Lipinski definition) is 1. The summed E-state index contributed by atoms with van der Waals surface area (Å²) in [6.45, 7) is 5.18. The smallest absolute Gasteiger partial charge is 0.320 e. The average molecular weight is 253 g/mol. The summed E-state index contributed by atoms with van der Waals surface area (Å²) in [6.07, 6.45) is 3.86. The van der Waals surface area contributed by atoms with Crippen LogP contribution in [0.25, 0.3) is 0 Å². The predicted molar refractivity (Wildman–Crippen MR) is 68.9 cm³/mol. The van der Waals surface area contributed by atoms with Crippen LogP contribution in [0, 0.1) is 11.8 Å². The van der Waals surface area contributed by atoms with Gasteiger partial charge in [0, 0.05) is 26.2 Å². The Balaban J connectivity index is 1.90. The number of piperidine rings is 2. The summed E-state index contributed by atoms with van der Waals surface area (Å²) in [5.41, 5.74) is 5.34. The van der Waals surface area contributed by atoms with Crippen LogP contribution in [-0.2, 0) is 4.79 Å². The van der Waals surface area contributed by atoms with E-state index in [-0.39, 0.29) is 17.9 Å². The molecule has 5 heteroatoms. The molecule has 2 rings (SSSR count). The van der Waals surface area contributed by atoms with Crippen LogP contribution in [0.4, 0.5) is 4.79 Å². The maximum Gasteiger partial charge on any atom is 0.320 e. The van der Waals surface area contributed by atoms with Gasteiger partial charge in [0.15, 0.2) is 0 Å². The molecule has 0 saturated carbocycles. The van der Waals surface area contributed by atoms with Gasteiger partial charge in [-0.3, -0.25) is 4.79 Å². The van der Waals surface area contributed by atoms with Crippen molar-refractivity contribution >= 4 is 11.9 Å². The third kappa shape index (κ3) is 2.94. The molecule has 102 valence electrons. The zero-order chi connectivity index (χ0) is 13.1. The molecule has 0 spiro atoms. The maximum atomic E-state index is 12.3. The second-order valence-electron chi connectivity index (χ2n) is 5.64. The van der Waals surface area contributed by atoms with Crippen molar-refractivity contribution < 1.29 is 9.59 Å². The molecule has 2 aliphatic rings. The van der Waals surface area contributed by atoms with Crippen molar-refractivity contribution in [2.24, 2.45) is 17.6 Å². The van der Waals surface area contributed by atoms with E-state index in [1.807, 2.05) is 4.90 Å². The van der Waals surface area contributed by atoms with Gasteiger partial charge in [0.25, 0.3) is 0 Å². The molecule has 2 aliphatic heterocycles. The number of nitrogens with two attached hydrogens (primary N) is 1. The molecule has 0 aliphatic carbocycles. The minimum Gasteiger partial charge on any atom is -0.369 e. The molecule has 2 N–H and O–H groups in total. The number of primary amides is 1. The highest BCUT2D eigenvalue weighted by molar-refractivity contribution is 5.79. The molecule has 0 aromatic heterocycles. The predicted octanol–water partition coefficient (Wildman–Crippen LogP) is 1.04. The Kier molecular flexibility index (Phi) is 4.09.